The minimum Gasteiger partial charge on any atom is -0.349 e. The summed E-state index contributed by atoms with van der Waals surface area (Å²) in [6, 6.07) is -1.66. The quantitative estimate of drug-likeness (QED) is 0.831. The van der Waals surface area contributed by atoms with Crippen LogP contribution < -0.4 is 10.6 Å². The molecule has 2 N–H and O–H groups in total. The van der Waals surface area contributed by atoms with Crippen molar-refractivity contribution in [3.05, 3.63) is 16.6 Å². The summed E-state index contributed by atoms with van der Waals surface area (Å²) in [4.78, 5) is 16.8. The fourth-order valence-electron chi connectivity index (χ4n) is 2.05. The van der Waals surface area contributed by atoms with Crippen LogP contribution >= 0.6 is 36.2 Å². The number of halogens is 5. The number of hydrogen-bond acceptors (Lipinski definition) is 5. The van der Waals surface area contributed by atoms with E-state index in [1.54, 1.807) is 0 Å². The van der Waals surface area contributed by atoms with E-state index < -0.39 is 24.7 Å². The van der Waals surface area contributed by atoms with Crippen LogP contribution in [0.1, 0.15) is 10.5 Å². The van der Waals surface area contributed by atoms with Crippen molar-refractivity contribution in [3.63, 3.8) is 0 Å². The molecule has 5 nitrogen and oxygen atoms in total. The van der Waals surface area contributed by atoms with Crippen molar-refractivity contribution in [3.8, 4) is 0 Å². The van der Waals surface area contributed by atoms with Gasteiger partial charge in [-0.25, -0.2) is 4.98 Å². The number of carbonyl (C=O) groups excluding carboxylic acids is 1. The molecule has 0 aliphatic carbocycles. The molecule has 0 radical (unpaired) electrons. The Morgan fingerprint density at radius 1 is 1.41 bits per heavy atom. The number of piperazine rings is 1. The Labute approximate surface area is 142 Å². The van der Waals surface area contributed by atoms with Gasteiger partial charge in [0, 0.05) is 38.1 Å². The van der Waals surface area contributed by atoms with Gasteiger partial charge in [-0.1, -0.05) is 0 Å². The first-order valence-electron chi connectivity index (χ1n) is 6.16. The molecule has 11 heteroatoms. The summed E-state index contributed by atoms with van der Waals surface area (Å²) in [7, 11) is 0. The molecule has 1 aliphatic heterocycles. The lowest BCUT2D eigenvalue weighted by Gasteiger charge is -2.35. The highest BCUT2D eigenvalue weighted by Gasteiger charge is 2.43. The summed E-state index contributed by atoms with van der Waals surface area (Å²) >= 11 is 1.22. The molecule has 0 saturated carbocycles. The van der Waals surface area contributed by atoms with E-state index in [2.05, 4.69) is 15.6 Å². The van der Waals surface area contributed by atoms with E-state index >= 15 is 0 Å². The van der Waals surface area contributed by atoms with E-state index in [1.807, 2.05) is 0 Å². The van der Waals surface area contributed by atoms with Gasteiger partial charge < -0.3 is 10.6 Å². The average Bonchev–Trinajstić information content (AvgIpc) is 2.92. The van der Waals surface area contributed by atoms with Gasteiger partial charge in [-0.2, -0.15) is 13.2 Å². The third-order valence-corrected chi connectivity index (χ3v) is 3.68. The molecule has 1 aromatic rings. The maximum absolute atomic E-state index is 13.1. The van der Waals surface area contributed by atoms with Crippen LogP contribution in [0.2, 0.25) is 0 Å². The number of hydrogen-bond donors (Lipinski definition) is 2. The highest BCUT2D eigenvalue weighted by molar-refractivity contribution is 7.07. The van der Waals surface area contributed by atoms with E-state index in [0.717, 1.165) is 0 Å². The van der Waals surface area contributed by atoms with Gasteiger partial charge in [-0.05, 0) is 0 Å². The molecule has 128 valence electrons. The number of nitrogens with one attached hydrogen (secondary N) is 2. The second kappa shape index (κ2) is 9.51. The van der Waals surface area contributed by atoms with E-state index in [-0.39, 0.29) is 30.5 Å². The maximum Gasteiger partial charge on any atom is 0.405 e. The Hall–Kier alpha value is -0.610. The monoisotopic (exact) mass is 380 g/mol. The van der Waals surface area contributed by atoms with Crippen molar-refractivity contribution in [2.45, 2.75) is 12.2 Å². The molecule has 1 saturated heterocycles. The largest absolute Gasteiger partial charge is 0.405 e. The second-order valence-electron chi connectivity index (χ2n) is 4.43. The molecular weight excluding hydrogens is 364 g/mol. The van der Waals surface area contributed by atoms with E-state index in [1.165, 1.54) is 27.1 Å². The number of aromatic nitrogens is 1. The molecule has 2 rings (SSSR count). The number of carbonyl (C=O) groups is 1. The molecule has 1 unspecified atom stereocenters. The molecule has 22 heavy (non-hydrogen) atoms. The fourth-order valence-corrected chi connectivity index (χ4v) is 2.58. The SMILES string of the molecule is Cl.Cl.O=C(NCC(N1CCNCC1)C(F)(F)F)c1cscn1. The molecule has 0 bridgehead atoms. The van der Waals surface area contributed by atoms with Gasteiger partial charge in [0.15, 0.2) is 0 Å². The Morgan fingerprint density at radius 2 is 2.05 bits per heavy atom. The summed E-state index contributed by atoms with van der Waals surface area (Å²) in [5, 5.41) is 6.82. The Balaban J connectivity index is 0.00000220. The summed E-state index contributed by atoms with van der Waals surface area (Å²) in [6.45, 7) is 1.21. The second-order valence-corrected chi connectivity index (χ2v) is 5.15. The first kappa shape index (κ1) is 21.4. The predicted octanol–water partition coefficient (Wildman–Crippen LogP) is 1.55. The van der Waals surface area contributed by atoms with Crippen molar-refractivity contribution in [2.75, 3.05) is 32.7 Å². The smallest absolute Gasteiger partial charge is 0.349 e. The number of thiazole rings is 1. The molecule has 1 amide bonds. The van der Waals surface area contributed by atoms with Crippen LogP contribution in [0, 0.1) is 0 Å². The zero-order valence-corrected chi connectivity index (χ0v) is 13.9. The Bertz CT molecular complexity index is 441. The van der Waals surface area contributed by atoms with Crippen LogP contribution in [0.3, 0.4) is 0 Å². The van der Waals surface area contributed by atoms with Crippen molar-refractivity contribution in [1.29, 1.82) is 0 Å². The minimum atomic E-state index is -4.37. The highest BCUT2D eigenvalue weighted by Crippen LogP contribution is 2.24. The van der Waals surface area contributed by atoms with E-state index in [9.17, 15) is 18.0 Å². The Kier molecular flexibility index (Phi) is 9.25. The minimum absolute atomic E-state index is 0. The summed E-state index contributed by atoms with van der Waals surface area (Å²) in [6.07, 6.45) is -4.37. The number of rotatable bonds is 4. The molecule has 0 spiro atoms. The van der Waals surface area contributed by atoms with Crippen molar-refractivity contribution in [2.24, 2.45) is 0 Å². The summed E-state index contributed by atoms with van der Waals surface area (Å²) in [5.41, 5.74) is 1.61. The Morgan fingerprint density at radius 3 is 2.55 bits per heavy atom. The van der Waals surface area contributed by atoms with Crippen LogP contribution in [-0.4, -0.2) is 60.7 Å². The molecule has 2 heterocycles. The molecule has 1 aliphatic rings. The lowest BCUT2D eigenvalue weighted by atomic mass is 10.2. The van der Waals surface area contributed by atoms with E-state index in [0.29, 0.717) is 26.2 Å². The molecule has 1 atom stereocenters. The van der Waals surface area contributed by atoms with Gasteiger partial charge in [0.2, 0.25) is 0 Å². The number of alkyl halides is 3. The van der Waals surface area contributed by atoms with Crippen molar-refractivity contribution < 1.29 is 18.0 Å². The molecule has 1 aromatic heterocycles. The van der Waals surface area contributed by atoms with Crippen LogP contribution in [-0.2, 0) is 0 Å². The standard InChI is InChI=1S/C11H15F3N4OS.2ClH/c12-11(13,14)9(18-3-1-15-2-4-18)5-16-10(19)8-6-20-7-17-8;;/h6-7,9,15H,1-5H2,(H,16,19);2*1H. The van der Waals surface area contributed by atoms with Gasteiger partial charge in [0.25, 0.3) is 5.91 Å². The van der Waals surface area contributed by atoms with Crippen LogP contribution in [0.25, 0.3) is 0 Å². The third kappa shape index (κ3) is 5.88. The predicted molar refractivity (Wildman–Crippen MR) is 83.2 cm³/mol. The molecule has 1 fully saturated rings. The van der Waals surface area contributed by atoms with Crippen LogP contribution in [0.4, 0.5) is 13.2 Å². The lowest BCUT2D eigenvalue weighted by Crippen LogP contribution is -2.57. The van der Waals surface area contributed by atoms with Gasteiger partial charge in [-0.3, -0.25) is 9.69 Å². The first-order chi connectivity index (χ1) is 9.48. The number of nitrogens with zero attached hydrogens (tertiary/aromatic N) is 2. The zero-order valence-electron chi connectivity index (χ0n) is 11.4. The highest BCUT2D eigenvalue weighted by atomic mass is 35.5. The van der Waals surface area contributed by atoms with E-state index in [4.69, 9.17) is 0 Å². The van der Waals surface area contributed by atoms with Crippen LogP contribution in [0.5, 0.6) is 0 Å². The normalized spacial score (nSPS) is 17.0. The summed E-state index contributed by atoms with van der Waals surface area (Å²) in [5.74, 6) is -0.573. The van der Waals surface area contributed by atoms with Gasteiger partial charge in [0.1, 0.15) is 11.7 Å². The summed E-state index contributed by atoms with van der Waals surface area (Å²) < 4.78 is 39.2. The van der Waals surface area contributed by atoms with Gasteiger partial charge >= 0.3 is 6.18 Å². The number of amides is 1. The fraction of sp³-hybridized carbons (Fsp3) is 0.636. The lowest BCUT2D eigenvalue weighted by molar-refractivity contribution is -0.183. The molecule has 0 aromatic carbocycles. The average molecular weight is 381 g/mol. The topological polar surface area (TPSA) is 57.3 Å². The molecular formula is C11H17Cl2F3N4OS. The van der Waals surface area contributed by atoms with Crippen molar-refractivity contribution in [1.82, 2.24) is 20.5 Å². The van der Waals surface area contributed by atoms with Gasteiger partial charge in [0.05, 0.1) is 5.51 Å². The third-order valence-electron chi connectivity index (χ3n) is 3.09. The van der Waals surface area contributed by atoms with Crippen molar-refractivity contribution >= 4 is 42.1 Å². The van der Waals surface area contributed by atoms with Crippen LogP contribution in [0.15, 0.2) is 10.9 Å². The maximum atomic E-state index is 13.1. The zero-order chi connectivity index (χ0) is 14.6. The van der Waals surface area contributed by atoms with Gasteiger partial charge in [-0.15, -0.1) is 36.2 Å². The first-order valence-corrected chi connectivity index (χ1v) is 7.10.